The zero-order chi connectivity index (χ0) is 12.8. The fraction of sp³-hybridized carbons (Fsp3) is 0.800. The number of hydrogen-bond acceptors (Lipinski definition) is 2. The summed E-state index contributed by atoms with van der Waals surface area (Å²) in [7, 11) is 0. The Morgan fingerprint density at radius 2 is 2.17 bits per heavy atom. The van der Waals surface area contributed by atoms with Crippen LogP contribution in [0.1, 0.15) is 63.2 Å². The molecule has 100 valence electrons. The number of nitrogens with one attached hydrogen (secondary N) is 1. The molecule has 1 aromatic heterocycles. The molecule has 0 spiro atoms. The van der Waals surface area contributed by atoms with E-state index in [1.165, 1.54) is 36.5 Å². The average molecular weight is 247 g/mol. The molecule has 2 heterocycles. The topological polar surface area (TPSA) is 29.9 Å². The fourth-order valence-electron chi connectivity index (χ4n) is 2.76. The highest BCUT2D eigenvalue weighted by atomic mass is 15.1. The number of rotatable bonds is 4. The molecule has 3 nitrogen and oxygen atoms in total. The molecule has 3 heteroatoms. The SMILES string of the molecule is CCC(C)(C)Cn1c(C2CC2)nc2c1CCNC2. The molecule has 1 aliphatic carbocycles. The average Bonchev–Trinajstić information content (AvgIpc) is 3.14. The number of fused-ring (bicyclic) bond motifs is 1. The Kier molecular flexibility index (Phi) is 2.97. The third kappa shape index (κ3) is 2.20. The quantitative estimate of drug-likeness (QED) is 0.886. The van der Waals surface area contributed by atoms with Gasteiger partial charge < -0.3 is 9.88 Å². The van der Waals surface area contributed by atoms with E-state index in [0.717, 1.165) is 32.0 Å². The number of nitrogens with zero attached hydrogens (tertiary/aromatic N) is 2. The molecule has 0 amide bonds. The molecule has 1 saturated carbocycles. The maximum absolute atomic E-state index is 4.93. The zero-order valence-electron chi connectivity index (χ0n) is 11.9. The third-order valence-corrected chi connectivity index (χ3v) is 4.50. The van der Waals surface area contributed by atoms with Crippen LogP contribution in [0.25, 0.3) is 0 Å². The van der Waals surface area contributed by atoms with Crippen molar-refractivity contribution in [2.45, 2.75) is 65.5 Å². The van der Waals surface area contributed by atoms with Crippen molar-refractivity contribution >= 4 is 0 Å². The number of imidazole rings is 1. The Labute approximate surface area is 110 Å². The summed E-state index contributed by atoms with van der Waals surface area (Å²) in [6.45, 7) is 10.2. The molecule has 0 atom stereocenters. The molecule has 0 unspecified atom stereocenters. The Morgan fingerprint density at radius 1 is 1.39 bits per heavy atom. The Morgan fingerprint density at radius 3 is 2.83 bits per heavy atom. The van der Waals surface area contributed by atoms with Gasteiger partial charge >= 0.3 is 0 Å². The minimum Gasteiger partial charge on any atom is -0.331 e. The van der Waals surface area contributed by atoms with Crippen molar-refractivity contribution in [2.24, 2.45) is 5.41 Å². The van der Waals surface area contributed by atoms with Crippen LogP contribution in [0, 0.1) is 5.41 Å². The molecular formula is C15H25N3. The first-order valence-electron chi connectivity index (χ1n) is 7.39. The van der Waals surface area contributed by atoms with Crippen LogP contribution >= 0.6 is 0 Å². The van der Waals surface area contributed by atoms with E-state index in [9.17, 15) is 0 Å². The van der Waals surface area contributed by atoms with Gasteiger partial charge in [0.25, 0.3) is 0 Å². The van der Waals surface area contributed by atoms with Crippen LogP contribution < -0.4 is 5.32 Å². The van der Waals surface area contributed by atoms with Gasteiger partial charge in [-0.15, -0.1) is 0 Å². The van der Waals surface area contributed by atoms with Gasteiger partial charge in [-0.1, -0.05) is 20.8 Å². The second-order valence-electron chi connectivity index (χ2n) is 6.67. The largest absolute Gasteiger partial charge is 0.331 e. The van der Waals surface area contributed by atoms with E-state index in [0.29, 0.717) is 5.41 Å². The third-order valence-electron chi connectivity index (χ3n) is 4.50. The van der Waals surface area contributed by atoms with Gasteiger partial charge in [0, 0.05) is 37.7 Å². The van der Waals surface area contributed by atoms with Crippen LogP contribution in [0.15, 0.2) is 0 Å². The minimum absolute atomic E-state index is 0.378. The van der Waals surface area contributed by atoms with Crippen LogP contribution in [0.2, 0.25) is 0 Å². The fourth-order valence-corrected chi connectivity index (χ4v) is 2.76. The van der Waals surface area contributed by atoms with Crippen LogP contribution in [0.3, 0.4) is 0 Å². The highest BCUT2D eigenvalue weighted by Gasteiger charge is 2.33. The van der Waals surface area contributed by atoms with Crippen molar-refractivity contribution in [3.63, 3.8) is 0 Å². The van der Waals surface area contributed by atoms with E-state index in [1.54, 1.807) is 0 Å². The first-order chi connectivity index (χ1) is 8.61. The Hall–Kier alpha value is -0.830. The van der Waals surface area contributed by atoms with Gasteiger partial charge in [-0.25, -0.2) is 4.98 Å². The van der Waals surface area contributed by atoms with Crippen LogP contribution in [0.4, 0.5) is 0 Å². The van der Waals surface area contributed by atoms with Crippen LogP contribution in [0.5, 0.6) is 0 Å². The first kappa shape index (κ1) is 12.2. The van der Waals surface area contributed by atoms with Gasteiger partial charge in [0.15, 0.2) is 0 Å². The summed E-state index contributed by atoms with van der Waals surface area (Å²) >= 11 is 0. The molecule has 1 fully saturated rings. The molecule has 0 bridgehead atoms. The van der Waals surface area contributed by atoms with Crippen molar-refractivity contribution in [1.29, 1.82) is 0 Å². The van der Waals surface area contributed by atoms with Crippen molar-refractivity contribution in [3.8, 4) is 0 Å². The van der Waals surface area contributed by atoms with E-state index in [1.807, 2.05) is 0 Å². The van der Waals surface area contributed by atoms with Gasteiger partial charge in [-0.2, -0.15) is 0 Å². The lowest BCUT2D eigenvalue weighted by atomic mass is 9.90. The molecule has 18 heavy (non-hydrogen) atoms. The number of hydrogen-bond donors (Lipinski definition) is 1. The molecule has 1 aliphatic heterocycles. The summed E-state index contributed by atoms with van der Waals surface area (Å²) in [6, 6.07) is 0. The van der Waals surface area contributed by atoms with E-state index in [2.05, 4.69) is 30.7 Å². The normalized spacial score (nSPS) is 19.9. The summed E-state index contributed by atoms with van der Waals surface area (Å²) in [4.78, 5) is 4.93. The molecule has 0 saturated heterocycles. The molecule has 0 radical (unpaired) electrons. The standard InChI is InChI=1S/C15H25N3/c1-4-15(2,3)10-18-13-7-8-16-9-12(13)17-14(18)11-5-6-11/h11,16H,4-10H2,1-3H3. The lowest BCUT2D eigenvalue weighted by Gasteiger charge is -2.26. The maximum atomic E-state index is 4.93. The van der Waals surface area contributed by atoms with E-state index < -0.39 is 0 Å². The maximum Gasteiger partial charge on any atom is 0.112 e. The van der Waals surface area contributed by atoms with Crippen molar-refractivity contribution in [3.05, 3.63) is 17.2 Å². The van der Waals surface area contributed by atoms with Crippen molar-refractivity contribution < 1.29 is 0 Å². The molecular weight excluding hydrogens is 222 g/mol. The first-order valence-corrected chi connectivity index (χ1v) is 7.39. The van der Waals surface area contributed by atoms with Gasteiger partial charge in [-0.05, 0) is 24.7 Å². The van der Waals surface area contributed by atoms with E-state index in [-0.39, 0.29) is 0 Å². The Balaban J connectivity index is 1.97. The highest BCUT2D eigenvalue weighted by Crippen LogP contribution is 2.41. The molecule has 1 aromatic rings. The summed E-state index contributed by atoms with van der Waals surface area (Å²) in [6.07, 6.45) is 5.06. The van der Waals surface area contributed by atoms with Gasteiger partial charge in [0.05, 0.1) is 5.69 Å². The predicted octanol–water partition coefficient (Wildman–Crippen LogP) is 2.84. The van der Waals surface area contributed by atoms with Crippen molar-refractivity contribution in [2.75, 3.05) is 6.54 Å². The molecule has 3 rings (SSSR count). The smallest absolute Gasteiger partial charge is 0.112 e. The lowest BCUT2D eigenvalue weighted by molar-refractivity contribution is 0.285. The van der Waals surface area contributed by atoms with Gasteiger partial charge in [-0.3, -0.25) is 0 Å². The van der Waals surface area contributed by atoms with Crippen LogP contribution in [-0.2, 0) is 19.5 Å². The van der Waals surface area contributed by atoms with Gasteiger partial charge in [0.1, 0.15) is 5.82 Å². The van der Waals surface area contributed by atoms with E-state index >= 15 is 0 Å². The summed E-state index contributed by atoms with van der Waals surface area (Å²) in [5.41, 5.74) is 3.20. The van der Waals surface area contributed by atoms with Crippen LogP contribution in [-0.4, -0.2) is 16.1 Å². The minimum atomic E-state index is 0.378. The number of aromatic nitrogens is 2. The highest BCUT2D eigenvalue weighted by molar-refractivity contribution is 5.24. The van der Waals surface area contributed by atoms with Crippen molar-refractivity contribution in [1.82, 2.24) is 14.9 Å². The molecule has 2 aliphatic rings. The Bertz CT molecular complexity index is 441. The van der Waals surface area contributed by atoms with Gasteiger partial charge in [0.2, 0.25) is 0 Å². The second kappa shape index (κ2) is 4.37. The summed E-state index contributed by atoms with van der Waals surface area (Å²) < 4.78 is 2.57. The predicted molar refractivity (Wildman–Crippen MR) is 73.7 cm³/mol. The van der Waals surface area contributed by atoms with E-state index in [4.69, 9.17) is 4.98 Å². The zero-order valence-corrected chi connectivity index (χ0v) is 11.9. The second-order valence-corrected chi connectivity index (χ2v) is 6.67. The molecule has 0 aromatic carbocycles. The monoisotopic (exact) mass is 247 g/mol. The molecule has 1 N–H and O–H groups in total. The summed E-state index contributed by atoms with van der Waals surface area (Å²) in [5, 5.41) is 3.44. The lowest BCUT2D eigenvalue weighted by Crippen LogP contribution is -2.27. The summed E-state index contributed by atoms with van der Waals surface area (Å²) in [5.74, 6) is 2.13.